The van der Waals surface area contributed by atoms with Gasteiger partial charge in [0.25, 0.3) is 0 Å². The normalized spacial score (nSPS) is 19.4. The van der Waals surface area contributed by atoms with Gasteiger partial charge in [0.2, 0.25) is 5.91 Å². The molecular formula is C13H16N2O3. The Hall–Kier alpha value is -1.88. The zero-order valence-corrected chi connectivity index (χ0v) is 10.2. The molecule has 0 fully saturated rings. The third-order valence-corrected chi connectivity index (χ3v) is 3.29. The number of nitrogens with zero attached hydrogens (tertiary/aromatic N) is 1. The summed E-state index contributed by atoms with van der Waals surface area (Å²) in [6.07, 6.45) is 0.537. The monoisotopic (exact) mass is 248 g/mol. The quantitative estimate of drug-likeness (QED) is 0.833. The molecule has 0 aromatic heterocycles. The number of carbonyl (C=O) groups is 2. The van der Waals surface area contributed by atoms with Crippen molar-refractivity contribution in [2.75, 3.05) is 11.4 Å². The topological polar surface area (TPSA) is 83.6 Å². The summed E-state index contributed by atoms with van der Waals surface area (Å²) >= 11 is 0. The second-order valence-corrected chi connectivity index (χ2v) is 4.41. The second kappa shape index (κ2) is 4.78. The standard InChI is InChI=1S/C13H16N2O3/c1-2-10(14)12(16)15-7-9(13(17)18)8-5-3-4-6-11(8)15/h3-6,9-10H,2,7,14H2,1H3,(H,17,18). The molecule has 5 nitrogen and oxygen atoms in total. The summed E-state index contributed by atoms with van der Waals surface area (Å²) in [5.41, 5.74) is 7.08. The Morgan fingerprint density at radius 3 is 2.78 bits per heavy atom. The Bertz CT molecular complexity index is 487. The second-order valence-electron chi connectivity index (χ2n) is 4.41. The number of benzene rings is 1. The molecule has 2 rings (SSSR count). The molecular weight excluding hydrogens is 232 g/mol. The lowest BCUT2D eigenvalue weighted by Gasteiger charge is -2.20. The molecule has 1 heterocycles. The molecule has 2 atom stereocenters. The van der Waals surface area contributed by atoms with Crippen LogP contribution in [0, 0.1) is 0 Å². The molecule has 1 aliphatic rings. The fourth-order valence-corrected chi connectivity index (χ4v) is 2.20. The van der Waals surface area contributed by atoms with Crippen LogP contribution in [0.4, 0.5) is 5.69 Å². The number of rotatable bonds is 3. The summed E-state index contributed by atoms with van der Waals surface area (Å²) in [6, 6.07) is 6.51. The number of para-hydroxylation sites is 1. The van der Waals surface area contributed by atoms with Crippen LogP contribution in [0.1, 0.15) is 24.8 Å². The van der Waals surface area contributed by atoms with Gasteiger partial charge < -0.3 is 15.7 Å². The van der Waals surface area contributed by atoms with Crippen molar-refractivity contribution in [1.82, 2.24) is 0 Å². The molecule has 0 bridgehead atoms. The fraction of sp³-hybridized carbons (Fsp3) is 0.385. The first-order valence-corrected chi connectivity index (χ1v) is 5.95. The maximum absolute atomic E-state index is 12.1. The zero-order valence-electron chi connectivity index (χ0n) is 10.2. The molecule has 0 spiro atoms. The van der Waals surface area contributed by atoms with Crippen LogP contribution in [-0.2, 0) is 9.59 Å². The lowest BCUT2D eigenvalue weighted by atomic mass is 10.0. The minimum Gasteiger partial charge on any atom is -0.481 e. The molecule has 1 aromatic carbocycles. The highest BCUT2D eigenvalue weighted by molar-refractivity contribution is 6.01. The summed E-state index contributed by atoms with van der Waals surface area (Å²) in [6.45, 7) is 2.00. The highest BCUT2D eigenvalue weighted by Crippen LogP contribution is 2.36. The molecule has 1 amide bonds. The highest BCUT2D eigenvalue weighted by Gasteiger charge is 2.37. The molecule has 96 valence electrons. The number of carboxylic acids is 1. The van der Waals surface area contributed by atoms with Gasteiger partial charge in [-0.1, -0.05) is 25.1 Å². The van der Waals surface area contributed by atoms with E-state index in [1.165, 1.54) is 4.90 Å². The van der Waals surface area contributed by atoms with Crippen molar-refractivity contribution in [2.45, 2.75) is 25.3 Å². The van der Waals surface area contributed by atoms with Crippen molar-refractivity contribution in [2.24, 2.45) is 5.73 Å². The number of anilines is 1. The lowest BCUT2D eigenvalue weighted by Crippen LogP contribution is -2.43. The summed E-state index contributed by atoms with van der Waals surface area (Å²) in [4.78, 5) is 24.8. The van der Waals surface area contributed by atoms with Gasteiger partial charge in [-0.15, -0.1) is 0 Å². The van der Waals surface area contributed by atoms with Crippen LogP contribution in [0.3, 0.4) is 0 Å². The van der Waals surface area contributed by atoms with Crippen molar-refractivity contribution in [1.29, 1.82) is 0 Å². The van der Waals surface area contributed by atoms with Gasteiger partial charge in [-0.05, 0) is 18.1 Å². The van der Waals surface area contributed by atoms with Gasteiger partial charge in [-0.2, -0.15) is 0 Å². The lowest BCUT2D eigenvalue weighted by molar-refractivity contribution is -0.138. The van der Waals surface area contributed by atoms with E-state index >= 15 is 0 Å². The van der Waals surface area contributed by atoms with E-state index in [1.807, 2.05) is 6.92 Å². The largest absolute Gasteiger partial charge is 0.481 e. The molecule has 0 saturated carbocycles. The average molecular weight is 248 g/mol. The SMILES string of the molecule is CCC(N)C(=O)N1CC(C(=O)O)c2ccccc21. The highest BCUT2D eigenvalue weighted by atomic mass is 16.4. The van der Waals surface area contributed by atoms with Crippen LogP contribution in [-0.4, -0.2) is 29.6 Å². The summed E-state index contributed by atoms with van der Waals surface area (Å²) in [5, 5.41) is 9.19. The number of carbonyl (C=O) groups excluding carboxylic acids is 1. The smallest absolute Gasteiger partial charge is 0.312 e. The summed E-state index contributed by atoms with van der Waals surface area (Å²) in [7, 11) is 0. The minimum absolute atomic E-state index is 0.168. The van der Waals surface area contributed by atoms with Crippen molar-refractivity contribution < 1.29 is 14.7 Å². The van der Waals surface area contributed by atoms with Crippen molar-refractivity contribution in [3.05, 3.63) is 29.8 Å². The average Bonchev–Trinajstić information content (AvgIpc) is 2.76. The van der Waals surface area contributed by atoms with E-state index in [2.05, 4.69) is 0 Å². The van der Waals surface area contributed by atoms with Crippen LogP contribution in [0.5, 0.6) is 0 Å². The maximum Gasteiger partial charge on any atom is 0.312 e. The van der Waals surface area contributed by atoms with Crippen LogP contribution in [0.2, 0.25) is 0 Å². The maximum atomic E-state index is 12.1. The Morgan fingerprint density at radius 2 is 2.17 bits per heavy atom. The van der Waals surface area contributed by atoms with E-state index < -0.39 is 17.9 Å². The van der Waals surface area contributed by atoms with Gasteiger partial charge >= 0.3 is 5.97 Å². The van der Waals surface area contributed by atoms with Gasteiger partial charge in [-0.3, -0.25) is 9.59 Å². The van der Waals surface area contributed by atoms with Crippen molar-refractivity contribution >= 4 is 17.6 Å². The molecule has 0 saturated heterocycles. The Morgan fingerprint density at radius 1 is 1.50 bits per heavy atom. The third-order valence-electron chi connectivity index (χ3n) is 3.29. The predicted octanol–water partition coefficient (Wildman–Crippen LogP) is 0.939. The van der Waals surface area contributed by atoms with Gasteiger partial charge in [-0.25, -0.2) is 0 Å². The van der Waals surface area contributed by atoms with E-state index in [1.54, 1.807) is 24.3 Å². The molecule has 1 aromatic rings. The number of hydrogen-bond donors (Lipinski definition) is 2. The molecule has 3 N–H and O–H groups in total. The number of amides is 1. The third kappa shape index (κ3) is 1.97. The van der Waals surface area contributed by atoms with E-state index in [0.717, 1.165) is 0 Å². The first kappa shape index (κ1) is 12.6. The van der Waals surface area contributed by atoms with Crippen LogP contribution in [0.25, 0.3) is 0 Å². The number of nitrogens with two attached hydrogens (primary N) is 1. The number of fused-ring (bicyclic) bond motifs is 1. The predicted molar refractivity (Wildman–Crippen MR) is 67.4 cm³/mol. The number of carboxylic acid groups (broad SMARTS) is 1. The fourth-order valence-electron chi connectivity index (χ4n) is 2.20. The number of hydrogen-bond acceptors (Lipinski definition) is 3. The first-order valence-electron chi connectivity index (χ1n) is 5.95. The number of aliphatic carboxylic acids is 1. The van der Waals surface area contributed by atoms with Gasteiger partial charge in [0.15, 0.2) is 0 Å². The van der Waals surface area contributed by atoms with Gasteiger partial charge in [0.1, 0.15) is 5.92 Å². The summed E-state index contributed by atoms with van der Waals surface area (Å²) < 4.78 is 0. The first-order chi connectivity index (χ1) is 8.56. The Labute approximate surface area is 105 Å². The van der Waals surface area contributed by atoms with E-state index in [0.29, 0.717) is 17.7 Å². The van der Waals surface area contributed by atoms with Crippen LogP contribution in [0.15, 0.2) is 24.3 Å². The van der Waals surface area contributed by atoms with Gasteiger partial charge in [0.05, 0.1) is 6.04 Å². The molecule has 1 aliphatic heterocycles. The summed E-state index contributed by atoms with van der Waals surface area (Å²) in [5.74, 6) is -1.79. The minimum atomic E-state index is -0.914. The van der Waals surface area contributed by atoms with E-state index in [4.69, 9.17) is 5.73 Å². The molecule has 5 heteroatoms. The molecule has 0 aliphatic carbocycles. The Kier molecular flexibility index (Phi) is 3.34. The molecule has 2 unspecified atom stereocenters. The zero-order chi connectivity index (χ0) is 13.3. The molecule has 0 radical (unpaired) electrons. The van der Waals surface area contributed by atoms with Crippen molar-refractivity contribution in [3.8, 4) is 0 Å². The van der Waals surface area contributed by atoms with Crippen LogP contribution < -0.4 is 10.6 Å². The van der Waals surface area contributed by atoms with Gasteiger partial charge in [0, 0.05) is 12.2 Å². The van der Waals surface area contributed by atoms with Crippen LogP contribution >= 0.6 is 0 Å². The van der Waals surface area contributed by atoms with Crippen molar-refractivity contribution in [3.63, 3.8) is 0 Å². The molecule has 18 heavy (non-hydrogen) atoms. The van der Waals surface area contributed by atoms with E-state index in [-0.39, 0.29) is 12.5 Å². The Balaban J connectivity index is 2.37. The van der Waals surface area contributed by atoms with E-state index in [9.17, 15) is 14.7 Å².